The van der Waals surface area contributed by atoms with Gasteiger partial charge in [-0.1, -0.05) is 12.1 Å². The van der Waals surface area contributed by atoms with Crippen LogP contribution in [0.3, 0.4) is 0 Å². The number of carbonyl (C=O) groups excluding carboxylic acids is 3. The molecular weight excluding hydrogens is 477 g/mol. The smallest absolute Gasteiger partial charge is 0.416 e. The van der Waals surface area contributed by atoms with Crippen molar-refractivity contribution in [2.75, 3.05) is 18.9 Å². The van der Waals surface area contributed by atoms with Gasteiger partial charge in [-0.2, -0.15) is 13.2 Å². The number of ether oxygens (including phenoxy) is 1. The summed E-state index contributed by atoms with van der Waals surface area (Å²) in [6, 6.07) is 10.8. The molecule has 194 valence electrons. The summed E-state index contributed by atoms with van der Waals surface area (Å²) in [4.78, 5) is 39.1. The van der Waals surface area contributed by atoms with Crippen LogP contribution in [0.25, 0.3) is 0 Å². The highest BCUT2D eigenvalue weighted by Crippen LogP contribution is 2.46. The number of amides is 3. The number of hydrogen-bond donors (Lipinski definition) is 3. The van der Waals surface area contributed by atoms with E-state index in [0.717, 1.165) is 12.1 Å². The van der Waals surface area contributed by atoms with Crippen LogP contribution in [0.5, 0.6) is 0 Å². The number of para-hydroxylation sites is 1. The summed E-state index contributed by atoms with van der Waals surface area (Å²) >= 11 is 0. The second-order valence-electron chi connectivity index (χ2n) is 9.77. The molecule has 3 rings (SSSR count). The Balaban J connectivity index is 1.60. The number of alkyl halides is 3. The van der Waals surface area contributed by atoms with Crippen molar-refractivity contribution < 1.29 is 32.3 Å². The van der Waals surface area contributed by atoms with Crippen LogP contribution in [0, 0.1) is 5.41 Å². The summed E-state index contributed by atoms with van der Waals surface area (Å²) in [5.41, 5.74) is 3.40. The van der Waals surface area contributed by atoms with E-state index in [0.29, 0.717) is 24.2 Å². The van der Waals surface area contributed by atoms with E-state index in [4.69, 9.17) is 4.74 Å². The number of nitrogens with one attached hydrogen (secondary N) is 3. The first kappa shape index (κ1) is 26.8. The van der Waals surface area contributed by atoms with E-state index in [1.807, 2.05) is 0 Å². The van der Waals surface area contributed by atoms with E-state index >= 15 is 0 Å². The highest BCUT2D eigenvalue weighted by molar-refractivity contribution is 6.01. The Kier molecular flexibility index (Phi) is 7.51. The molecule has 0 saturated heterocycles. The lowest BCUT2D eigenvalue weighted by molar-refractivity contribution is -0.137. The summed E-state index contributed by atoms with van der Waals surface area (Å²) in [5, 5.41) is 2.92. The molecule has 1 aliphatic rings. The molecule has 2 aromatic carbocycles. The zero-order chi connectivity index (χ0) is 26.7. The predicted molar refractivity (Wildman–Crippen MR) is 127 cm³/mol. The molecule has 0 heterocycles. The van der Waals surface area contributed by atoms with Crippen molar-refractivity contribution in [2.24, 2.45) is 5.41 Å². The van der Waals surface area contributed by atoms with Crippen LogP contribution >= 0.6 is 0 Å². The molecule has 0 atom stereocenters. The Labute approximate surface area is 207 Å². The van der Waals surface area contributed by atoms with Crippen molar-refractivity contribution in [2.45, 2.75) is 45.4 Å². The van der Waals surface area contributed by atoms with Crippen molar-refractivity contribution in [3.8, 4) is 0 Å². The molecule has 0 spiro atoms. The average Bonchev–Trinajstić information content (AvgIpc) is 3.57. The second-order valence-corrected chi connectivity index (χ2v) is 9.77. The van der Waals surface area contributed by atoms with E-state index in [9.17, 15) is 27.6 Å². The van der Waals surface area contributed by atoms with Crippen molar-refractivity contribution in [3.63, 3.8) is 0 Å². The standard InChI is InChI=1S/C25H29F3N4O4/c1-23(2,3)36-22(35)32(4)15-24(13-14-24)21(34)31-30-20(33)18-7-5-6-8-19(18)29-17-11-9-16(10-12-17)25(26,27)28/h5-12,29H,13-15H2,1-4H3,(H,30,33)(H,31,34). The number of rotatable bonds is 6. The molecule has 0 aromatic heterocycles. The van der Waals surface area contributed by atoms with Crippen molar-refractivity contribution in [3.05, 3.63) is 59.7 Å². The Morgan fingerprint density at radius 2 is 1.58 bits per heavy atom. The highest BCUT2D eigenvalue weighted by atomic mass is 19.4. The molecule has 0 aliphatic heterocycles. The number of halogens is 3. The van der Waals surface area contributed by atoms with Gasteiger partial charge in [-0.25, -0.2) is 4.79 Å². The van der Waals surface area contributed by atoms with Crippen LogP contribution in [-0.2, 0) is 15.7 Å². The number of anilines is 2. The van der Waals surface area contributed by atoms with Gasteiger partial charge in [0, 0.05) is 19.3 Å². The minimum Gasteiger partial charge on any atom is -0.444 e. The zero-order valence-electron chi connectivity index (χ0n) is 20.5. The van der Waals surface area contributed by atoms with Crippen LogP contribution in [0.2, 0.25) is 0 Å². The lowest BCUT2D eigenvalue weighted by Gasteiger charge is -2.27. The third kappa shape index (κ3) is 6.89. The maximum absolute atomic E-state index is 12.8. The number of carbonyl (C=O) groups is 3. The van der Waals surface area contributed by atoms with E-state index < -0.39 is 40.7 Å². The normalized spacial score (nSPS) is 14.4. The Morgan fingerprint density at radius 3 is 2.14 bits per heavy atom. The molecule has 1 fully saturated rings. The second kappa shape index (κ2) is 10.1. The molecule has 8 nitrogen and oxygen atoms in total. The molecule has 36 heavy (non-hydrogen) atoms. The van der Waals surface area contributed by atoms with Gasteiger partial charge in [-0.3, -0.25) is 20.4 Å². The molecule has 0 bridgehead atoms. The summed E-state index contributed by atoms with van der Waals surface area (Å²) in [6.07, 6.45) is -3.90. The summed E-state index contributed by atoms with van der Waals surface area (Å²) < 4.78 is 43.7. The number of hydrogen-bond acceptors (Lipinski definition) is 5. The topological polar surface area (TPSA) is 99.8 Å². The first-order chi connectivity index (χ1) is 16.7. The fraction of sp³-hybridized carbons (Fsp3) is 0.400. The lowest BCUT2D eigenvalue weighted by atomic mass is 10.1. The number of benzene rings is 2. The van der Waals surface area contributed by atoms with Gasteiger partial charge in [-0.05, 0) is 70.0 Å². The van der Waals surface area contributed by atoms with Crippen LogP contribution < -0.4 is 16.2 Å². The van der Waals surface area contributed by atoms with E-state index in [2.05, 4.69) is 16.2 Å². The first-order valence-electron chi connectivity index (χ1n) is 11.3. The van der Waals surface area contributed by atoms with Crippen molar-refractivity contribution in [1.82, 2.24) is 15.8 Å². The number of hydrazine groups is 1. The quantitative estimate of drug-likeness (QED) is 0.486. The Bertz CT molecular complexity index is 1120. The van der Waals surface area contributed by atoms with E-state index in [1.165, 1.54) is 23.1 Å². The highest BCUT2D eigenvalue weighted by Gasteiger charge is 2.51. The SMILES string of the molecule is CN(CC1(C(=O)NNC(=O)c2ccccc2Nc2ccc(C(F)(F)F)cc2)CC1)C(=O)OC(C)(C)C. The van der Waals surface area contributed by atoms with Crippen LogP contribution in [0.15, 0.2) is 48.5 Å². The molecular formula is C25H29F3N4O4. The van der Waals surface area contributed by atoms with Crippen molar-refractivity contribution >= 4 is 29.3 Å². The van der Waals surface area contributed by atoms with Crippen LogP contribution in [-0.4, -0.2) is 42.0 Å². The van der Waals surface area contributed by atoms with Gasteiger partial charge in [0.2, 0.25) is 5.91 Å². The predicted octanol–water partition coefficient (Wildman–Crippen LogP) is 4.86. The summed E-state index contributed by atoms with van der Waals surface area (Å²) in [7, 11) is 1.54. The van der Waals surface area contributed by atoms with Gasteiger partial charge < -0.3 is 15.0 Å². The molecule has 1 saturated carbocycles. The Morgan fingerprint density at radius 1 is 0.972 bits per heavy atom. The molecule has 0 unspecified atom stereocenters. The van der Waals surface area contributed by atoms with Gasteiger partial charge in [-0.15, -0.1) is 0 Å². The van der Waals surface area contributed by atoms with Crippen LogP contribution in [0.1, 0.15) is 49.5 Å². The third-order valence-electron chi connectivity index (χ3n) is 5.53. The van der Waals surface area contributed by atoms with Gasteiger partial charge in [0.1, 0.15) is 5.60 Å². The Hall–Kier alpha value is -3.76. The fourth-order valence-electron chi connectivity index (χ4n) is 3.47. The molecule has 3 amide bonds. The molecule has 0 radical (unpaired) electrons. The van der Waals surface area contributed by atoms with Gasteiger partial charge in [0.15, 0.2) is 0 Å². The lowest BCUT2D eigenvalue weighted by Crippen LogP contribution is -2.49. The molecule has 2 aromatic rings. The minimum absolute atomic E-state index is 0.135. The third-order valence-corrected chi connectivity index (χ3v) is 5.53. The minimum atomic E-state index is -4.45. The summed E-state index contributed by atoms with van der Waals surface area (Å²) in [6.45, 7) is 5.38. The zero-order valence-corrected chi connectivity index (χ0v) is 20.5. The average molecular weight is 507 g/mol. The fourth-order valence-corrected chi connectivity index (χ4v) is 3.47. The molecule has 11 heteroatoms. The maximum Gasteiger partial charge on any atom is 0.416 e. The van der Waals surface area contributed by atoms with E-state index in [1.54, 1.807) is 46.0 Å². The molecule has 3 N–H and O–H groups in total. The van der Waals surface area contributed by atoms with Crippen LogP contribution in [0.4, 0.5) is 29.3 Å². The first-order valence-corrected chi connectivity index (χ1v) is 11.3. The van der Waals surface area contributed by atoms with E-state index in [-0.39, 0.29) is 12.1 Å². The largest absolute Gasteiger partial charge is 0.444 e. The van der Waals surface area contributed by atoms with Gasteiger partial charge in [0.05, 0.1) is 22.2 Å². The number of nitrogens with zero attached hydrogens (tertiary/aromatic N) is 1. The molecule has 1 aliphatic carbocycles. The monoisotopic (exact) mass is 506 g/mol. The van der Waals surface area contributed by atoms with Crippen molar-refractivity contribution in [1.29, 1.82) is 0 Å². The summed E-state index contributed by atoms with van der Waals surface area (Å²) in [5.74, 6) is -1.05. The van der Waals surface area contributed by atoms with Gasteiger partial charge in [0.25, 0.3) is 5.91 Å². The maximum atomic E-state index is 12.8. The van der Waals surface area contributed by atoms with Gasteiger partial charge >= 0.3 is 12.3 Å².